The van der Waals surface area contributed by atoms with E-state index in [1.807, 2.05) is 56.3 Å². The van der Waals surface area contributed by atoms with E-state index < -0.39 is 0 Å². The van der Waals surface area contributed by atoms with Crippen molar-refractivity contribution in [2.45, 2.75) is 13.8 Å². The number of nitrogens with zero attached hydrogens (tertiary/aromatic N) is 1. The van der Waals surface area contributed by atoms with Gasteiger partial charge >= 0.3 is 0 Å². The summed E-state index contributed by atoms with van der Waals surface area (Å²) in [5, 5.41) is 3.90. The molecule has 3 nitrogen and oxygen atoms in total. The minimum atomic E-state index is -0.194. The Balaban J connectivity index is 2.15. The summed E-state index contributed by atoms with van der Waals surface area (Å²) in [6, 6.07) is 17.5. The monoisotopic (exact) mass is 252 g/mol. The number of benzene rings is 2. The van der Waals surface area contributed by atoms with Gasteiger partial charge in [-0.3, -0.25) is 4.79 Å². The van der Waals surface area contributed by atoms with E-state index in [-0.39, 0.29) is 5.91 Å². The van der Waals surface area contributed by atoms with E-state index in [0.29, 0.717) is 5.56 Å². The van der Waals surface area contributed by atoms with Crippen LogP contribution >= 0.6 is 0 Å². The van der Waals surface area contributed by atoms with E-state index in [1.54, 1.807) is 12.1 Å². The standard InChI is InChI=1S/C16H16N2O/c1-12(2)17-18-16(19)15-10-8-14(9-11-15)13-6-4-3-5-7-13/h3-11H,1-2H3,(H,18,19). The number of rotatable bonds is 3. The summed E-state index contributed by atoms with van der Waals surface area (Å²) in [6.45, 7) is 3.66. The van der Waals surface area contributed by atoms with Gasteiger partial charge < -0.3 is 0 Å². The van der Waals surface area contributed by atoms with Crippen LogP contribution in [0.5, 0.6) is 0 Å². The highest BCUT2D eigenvalue weighted by Crippen LogP contribution is 2.19. The van der Waals surface area contributed by atoms with Gasteiger partial charge in [-0.05, 0) is 37.1 Å². The summed E-state index contributed by atoms with van der Waals surface area (Å²) in [5.41, 5.74) is 6.15. The van der Waals surface area contributed by atoms with Crippen LogP contribution in [0.1, 0.15) is 24.2 Å². The van der Waals surface area contributed by atoms with Crippen molar-refractivity contribution in [2.75, 3.05) is 0 Å². The zero-order valence-electron chi connectivity index (χ0n) is 11.1. The summed E-state index contributed by atoms with van der Waals surface area (Å²) >= 11 is 0. The molecule has 0 aliphatic rings. The number of amides is 1. The van der Waals surface area contributed by atoms with Crippen molar-refractivity contribution in [2.24, 2.45) is 5.10 Å². The van der Waals surface area contributed by atoms with Gasteiger partial charge in [-0.25, -0.2) is 5.43 Å². The van der Waals surface area contributed by atoms with E-state index in [2.05, 4.69) is 10.5 Å². The Labute approximate surface area is 113 Å². The Hall–Kier alpha value is -2.42. The molecule has 2 rings (SSSR count). The highest BCUT2D eigenvalue weighted by Gasteiger charge is 2.04. The molecule has 0 fully saturated rings. The second-order valence-electron chi connectivity index (χ2n) is 4.44. The lowest BCUT2D eigenvalue weighted by Gasteiger charge is -2.04. The third-order valence-corrected chi connectivity index (χ3v) is 2.64. The van der Waals surface area contributed by atoms with Crippen molar-refractivity contribution < 1.29 is 4.79 Å². The van der Waals surface area contributed by atoms with E-state index in [9.17, 15) is 4.79 Å². The minimum Gasteiger partial charge on any atom is -0.267 e. The molecule has 0 saturated heterocycles. The van der Waals surface area contributed by atoms with E-state index in [0.717, 1.165) is 16.8 Å². The zero-order valence-corrected chi connectivity index (χ0v) is 11.1. The van der Waals surface area contributed by atoms with Crippen LogP contribution in [0.2, 0.25) is 0 Å². The molecule has 0 heterocycles. The van der Waals surface area contributed by atoms with Gasteiger partial charge in [-0.15, -0.1) is 0 Å². The molecule has 0 aliphatic carbocycles. The zero-order chi connectivity index (χ0) is 13.7. The lowest BCUT2D eigenvalue weighted by Crippen LogP contribution is -2.18. The third-order valence-electron chi connectivity index (χ3n) is 2.64. The molecular weight excluding hydrogens is 236 g/mol. The van der Waals surface area contributed by atoms with Crippen molar-refractivity contribution in [1.82, 2.24) is 5.43 Å². The van der Waals surface area contributed by atoms with Crippen LogP contribution in [0.3, 0.4) is 0 Å². The first-order valence-corrected chi connectivity index (χ1v) is 6.13. The van der Waals surface area contributed by atoms with Gasteiger partial charge in [0.1, 0.15) is 0 Å². The number of hydrogen-bond acceptors (Lipinski definition) is 2. The number of carbonyl (C=O) groups is 1. The Morgan fingerprint density at radius 3 is 2.05 bits per heavy atom. The van der Waals surface area contributed by atoms with Crippen LogP contribution in [0.25, 0.3) is 11.1 Å². The summed E-state index contributed by atoms with van der Waals surface area (Å²) < 4.78 is 0. The van der Waals surface area contributed by atoms with Gasteiger partial charge in [0.15, 0.2) is 0 Å². The van der Waals surface area contributed by atoms with Crippen molar-refractivity contribution in [3.63, 3.8) is 0 Å². The summed E-state index contributed by atoms with van der Waals surface area (Å²) in [7, 11) is 0. The Bertz CT molecular complexity index is 582. The van der Waals surface area contributed by atoms with Crippen molar-refractivity contribution in [3.8, 4) is 11.1 Å². The first-order valence-electron chi connectivity index (χ1n) is 6.13. The quantitative estimate of drug-likeness (QED) is 0.659. The molecular formula is C16H16N2O. The molecule has 0 aromatic heterocycles. The number of hydrogen-bond donors (Lipinski definition) is 1. The number of hydrazone groups is 1. The highest BCUT2D eigenvalue weighted by atomic mass is 16.2. The van der Waals surface area contributed by atoms with Gasteiger partial charge in [0.25, 0.3) is 5.91 Å². The van der Waals surface area contributed by atoms with Crippen LogP contribution < -0.4 is 5.43 Å². The highest BCUT2D eigenvalue weighted by molar-refractivity contribution is 5.95. The maximum Gasteiger partial charge on any atom is 0.271 e. The predicted octanol–water partition coefficient (Wildman–Crippen LogP) is 3.48. The Kier molecular flexibility index (Phi) is 4.08. The van der Waals surface area contributed by atoms with Crippen molar-refractivity contribution in [1.29, 1.82) is 0 Å². The molecule has 19 heavy (non-hydrogen) atoms. The number of carbonyl (C=O) groups excluding carboxylic acids is 1. The fourth-order valence-corrected chi connectivity index (χ4v) is 1.67. The largest absolute Gasteiger partial charge is 0.271 e. The first kappa shape index (κ1) is 13.0. The molecule has 0 spiro atoms. The molecule has 0 saturated carbocycles. The second-order valence-corrected chi connectivity index (χ2v) is 4.44. The van der Waals surface area contributed by atoms with Crippen LogP contribution in [0.4, 0.5) is 0 Å². The van der Waals surface area contributed by atoms with Crippen LogP contribution in [0, 0.1) is 0 Å². The normalized spacial score (nSPS) is 9.79. The SMILES string of the molecule is CC(C)=NNC(=O)c1ccc(-c2ccccc2)cc1. The maximum absolute atomic E-state index is 11.8. The Morgan fingerprint density at radius 1 is 0.895 bits per heavy atom. The van der Waals surface area contributed by atoms with Crippen LogP contribution in [-0.2, 0) is 0 Å². The second kappa shape index (κ2) is 5.96. The number of nitrogens with one attached hydrogen (secondary N) is 1. The minimum absolute atomic E-state index is 0.194. The molecule has 2 aromatic rings. The molecule has 0 atom stereocenters. The molecule has 0 unspecified atom stereocenters. The predicted molar refractivity (Wildman–Crippen MR) is 78.1 cm³/mol. The lowest BCUT2D eigenvalue weighted by molar-refractivity contribution is 0.0955. The molecule has 1 amide bonds. The Morgan fingerprint density at radius 2 is 1.47 bits per heavy atom. The van der Waals surface area contributed by atoms with E-state index >= 15 is 0 Å². The van der Waals surface area contributed by atoms with Gasteiger partial charge in [-0.1, -0.05) is 42.5 Å². The molecule has 0 bridgehead atoms. The summed E-state index contributed by atoms with van der Waals surface area (Å²) in [5.74, 6) is -0.194. The van der Waals surface area contributed by atoms with Gasteiger partial charge in [0, 0.05) is 11.3 Å². The molecule has 96 valence electrons. The molecule has 0 aliphatic heterocycles. The summed E-state index contributed by atoms with van der Waals surface area (Å²) in [4.78, 5) is 11.8. The molecule has 2 aromatic carbocycles. The average Bonchev–Trinajstić information content (AvgIpc) is 2.46. The average molecular weight is 252 g/mol. The van der Waals surface area contributed by atoms with Crippen molar-refractivity contribution in [3.05, 3.63) is 60.2 Å². The fraction of sp³-hybridized carbons (Fsp3) is 0.125. The van der Waals surface area contributed by atoms with E-state index in [4.69, 9.17) is 0 Å². The third kappa shape index (κ3) is 3.52. The van der Waals surface area contributed by atoms with E-state index in [1.165, 1.54) is 0 Å². The lowest BCUT2D eigenvalue weighted by atomic mass is 10.0. The topological polar surface area (TPSA) is 41.5 Å². The first-order chi connectivity index (χ1) is 9.16. The van der Waals surface area contributed by atoms with Crippen molar-refractivity contribution >= 4 is 11.6 Å². The smallest absolute Gasteiger partial charge is 0.267 e. The van der Waals surface area contributed by atoms with Crippen LogP contribution in [-0.4, -0.2) is 11.6 Å². The fourth-order valence-electron chi connectivity index (χ4n) is 1.67. The summed E-state index contributed by atoms with van der Waals surface area (Å²) in [6.07, 6.45) is 0. The molecule has 3 heteroatoms. The maximum atomic E-state index is 11.8. The molecule has 0 radical (unpaired) electrons. The van der Waals surface area contributed by atoms with Crippen LogP contribution in [0.15, 0.2) is 59.7 Å². The molecule has 1 N–H and O–H groups in total. The van der Waals surface area contributed by atoms with Gasteiger partial charge in [-0.2, -0.15) is 5.10 Å². The van der Waals surface area contributed by atoms with Gasteiger partial charge in [0.2, 0.25) is 0 Å². The van der Waals surface area contributed by atoms with Gasteiger partial charge in [0.05, 0.1) is 0 Å².